The van der Waals surface area contributed by atoms with E-state index >= 15 is 0 Å². The van der Waals surface area contributed by atoms with Crippen molar-refractivity contribution in [2.75, 3.05) is 11.9 Å². The van der Waals surface area contributed by atoms with Crippen molar-refractivity contribution in [3.8, 4) is 34.3 Å². The van der Waals surface area contributed by atoms with Gasteiger partial charge in [-0.3, -0.25) is 10.1 Å². The lowest BCUT2D eigenvalue weighted by Crippen LogP contribution is -2.21. The van der Waals surface area contributed by atoms with Crippen LogP contribution in [0.3, 0.4) is 0 Å². The highest BCUT2D eigenvalue weighted by atomic mass is 16.5. The molecule has 1 aromatic heterocycles. The second kappa shape index (κ2) is 9.46. The van der Waals surface area contributed by atoms with Gasteiger partial charge in [-0.1, -0.05) is 72.8 Å². The third-order valence-electron chi connectivity index (χ3n) is 5.59. The Kier molecular flexibility index (Phi) is 6.28. The first-order valence-electron chi connectivity index (χ1n) is 10.7. The smallest absolute Gasteiger partial charge is 0.264 e. The van der Waals surface area contributed by atoms with Crippen molar-refractivity contribution in [1.82, 2.24) is 0 Å². The molecule has 0 saturated carbocycles. The Morgan fingerprint density at radius 3 is 2.15 bits per heavy atom. The predicted octanol–water partition coefficient (Wildman–Crippen LogP) is 6.43. The molecule has 0 atom stereocenters. The van der Waals surface area contributed by atoms with Gasteiger partial charge in [-0.2, -0.15) is 5.26 Å². The second-order valence-electron chi connectivity index (χ2n) is 7.84. The Bertz CT molecular complexity index is 1330. The van der Waals surface area contributed by atoms with E-state index in [-0.39, 0.29) is 18.1 Å². The summed E-state index contributed by atoms with van der Waals surface area (Å²) in [5.41, 5.74) is 5.61. The number of furan rings is 1. The van der Waals surface area contributed by atoms with Crippen LogP contribution in [0.15, 0.2) is 77.2 Å². The lowest BCUT2D eigenvalue weighted by Gasteiger charge is -2.13. The van der Waals surface area contributed by atoms with Crippen LogP contribution in [0.4, 0.5) is 5.88 Å². The lowest BCUT2D eigenvalue weighted by molar-refractivity contribution is -0.118. The fraction of sp³-hybridized carbons (Fsp3) is 0.143. The van der Waals surface area contributed by atoms with Gasteiger partial charge in [0.05, 0.1) is 0 Å². The Hall–Kier alpha value is -4.30. The third-order valence-corrected chi connectivity index (χ3v) is 5.59. The van der Waals surface area contributed by atoms with Gasteiger partial charge in [-0.25, -0.2) is 0 Å². The SMILES string of the molecule is Cc1ccc(C)c(OCC(=O)Nc2oc(-c3ccccc3)c(-c3ccccc3)c2C#N)c1C. The summed E-state index contributed by atoms with van der Waals surface area (Å²) in [6.07, 6.45) is 0. The number of nitriles is 1. The van der Waals surface area contributed by atoms with Crippen molar-refractivity contribution in [3.05, 3.63) is 95.1 Å². The van der Waals surface area contributed by atoms with Crippen molar-refractivity contribution < 1.29 is 13.9 Å². The van der Waals surface area contributed by atoms with E-state index in [1.807, 2.05) is 93.6 Å². The van der Waals surface area contributed by atoms with Gasteiger partial charge in [0, 0.05) is 11.1 Å². The number of anilines is 1. The Balaban J connectivity index is 1.66. The molecular weight excluding hydrogens is 412 g/mol. The normalized spacial score (nSPS) is 10.5. The first-order valence-corrected chi connectivity index (χ1v) is 10.7. The number of nitrogens with one attached hydrogen (secondary N) is 1. The first kappa shape index (κ1) is 21.9. The molecule has 0 unspecified atom stereocenters. The van der Waals surface area contributed by atoms with Crippen LogP contribution in [-0.4, -0.2) is 12.5 Å². The minimum absolute atomic E-state index is 0.112. The topological polar surface area (TPSA) is 75.3 Å². The van der Waals surface area contributed by atoms with Gasteiger partial charge < -0.3 is 9.15 Å². The average Bonchev–Trinajstić information content (AvgIpc) is 3.20. The summed E-state index contributed by atoms with van der Waals surface area (Å²) < 4.78 is 11.9. The summed E-state index contributed by atoms with van der Waals surface area (Å²) in [7, 11) is 0. The summed E-state index contributed by atoms with van der Waals surface area (Å²) in [5, 5.41) is 12.7. The molecule has 3 aromatic carbocycles. The highest BCUT2D eigenvalue weighted by molar-refractivity contribution is 5.96. The fourth-order valence-electron chi connectivity index (χ4n) is 3.75. The zero-order chi connectivity index (χ0) is 23.4. The van der Waals surface area contributed by atoms with Gasteiger partial charge in [0.25, 0.3) is 5.91 Å². The maximum atomic E-state index is 12.7. The molecule has 1 amide bonds. The van der Waals surface area contributed by atoms with E-state index in [9.17, 15) is 10.1 Å². The van der Waals surface area contributed by atoms with Crippen molar-refractivity contribution in [1.29, 1.82) is 5.26 Å². The summed E-state index contributed by atoms with van der Waals surface area (Å²) in [4.78, 5) is 12.7. The predicted molar refractivity (Wildman–Crippen MR) is 129 cm³/mol. The molecule has 0 spiro atoms. The standard InChI is InChI=1S/C28H24N2O3/c1-18-14-15-19(2)26(20(18)3)32-17-24(31)30-28-23(16-29)25(21-10-6-4-7-11-21)27(33-28)22-12-8-5-9-13-22/h4-15H,17H2,1-3H3,(H,30,31). The summed E-state index contributed by atoms with van der Waals surface area (Å²) in [5.74, 6) is 0.932. The molecule has 33 heavy (non-hydrogen) atoms. The van der Waals surface area contributed by atoms with Gasteiger partial charge in [0.2, 0.25) is 5.88 Å². The molecule has 0 aliphatic heterocycles. The first-order chi connectivity index (χ1) is 16.0. The van der Waals surface area contributed by atoms with E-state index in [1.165, 1.54) is 0 Å². The van der Waals surface area contributed by atoms with Crippen LogP contribution in [-0.2, 0) is 4.79 Å². The van der Waals surface area contributed by atoms with E-state index in [0.29, 0.717) is 17.1 Å². The van der Waals surface area contributed by atoms with E-state index in [1.54, 1.807) is 0 Å². The number of hydrogen-bond acceptors (Lipinski definition) is 4. The second-order valence-corrected chi connectivity index (χ2v) is 7.84. The molecular formula is C28H24N2O3. The van der Waals surface area contributed by atoms with Crippen LogP contribution < -0.4 is 10.1 Å². The monoisotopic (exact) mass is 436 g/mol. The number of aryl methyl sites for hydroxylation is 2. The van der Waals surface area contributed by atoms with E-state index in [0.717, 1.165) is 27.8 Å². The summed E-state index contributed by atoms with van der Waals surface area (Å²) in [6, 6.07) is 25.3. The lowest BCUT2D eigenvalue weighted by atomic mass is 9.98. The maximum Gasteiger partial charge on any atom is 0.264 e. The number of carbonyl (C=O) groups excluding carboxylic acids is 1. The van der Waals surface area contributed by atoms with Crippen LogP contribution in [0.2, 0.25) is 0 Å². The molecule has 164 valence electrons. The molecule has 0 radical (unpaired) electrons. The van der Waals surface area contributed by atoms with Gasteiger partial charge in [0.1, 0.15) is 23.1 Å². The highest BCUT2D eigenvalue weighted by Crippen LogP contribution is 2.41. The van der Waals surface area contributed by atoms with E-state index in [2.05, 4.69) is 11.4 Å². The molecule has 1 N–H and O–H groups in total. The number of nitrogens with zero attached hydrogens (tertiary/aromatic N) is 1. The average molecular weight is 437 g/mol. The molecule has 0 fully saturated rings. The van der Waals surface area contributed by atoms with E-state index < -0.39 is 5.91 Å². The van der Waals surface area contributed by atoms with Gasteiger partial charge in [-0.15, -0.1) is 0 Å². The highest BCUT2D eigenvalue weighted by Gasteiger charge is 2.24. The summed E-state index contributed by atoms with van der Waals surface area (Å²) in [6.45, 7) is 5.71. The number of hydrogen-bond donors (Lipinski definition) is 1. The molecule has 0 bridgehead atoms. The van der Waals surface area contributed by atoms with Crippen LogP contribution in [0, 0.1) is 32.1 Å². The molecule has 0 saturated heterocycles. The molecule has 0 aliphatic carbocycles. The van der Waals surface area contributed by atoms with E-state index in [4.69, 9.17) is 9.15 Å². The Labute approximate surface area is 193 Å². The number of ether oxygens (including phenoxy) is 1. The number of benzene rings is 3. The van der Waals surface area contributed by atoms with Crippen LogP contribution in [0.5, 0.6) is 5.75 Å². The van der Waals surface area contributed by atoms with Crippen LogP contribution in [0.25, 0.3) is 22.5 Å². The number of rotatable bonds is 6. The van der Waals surface area contributed by atoms with Crippen molar-refractivity contribution in [2.45, 2.75) is 20.8 Å². The number of amides is 1. The molecule has 5 heteroatoms. The molecule has 5 nitrogen and oxygen atoms in total. The number of carbonyl (C=O) groups is 1. The third kappa shape index (κ3) is 4.51. The minimum Gasteiger partial charge on any atom is -0.483 e. The van der Waals surface area contributed by atoms with Gasteiger partial charge in [-0.05, 0) is 43.0 Å². The fourth-order valence-corrected chi connectivity index (χ4v) is 3.75. The zero-order valence-corrected chi connectivity index (χ0v) is 18.8. The largest absolute Gasteiger partial charge is 0.483 e. The Morgan fingerprint density at radius 1 is 0.909 bits per heavy atom. The minimum atomic E-state index is -0.403. The van der Waals surface area contributed by atoms with Gasteiger partial charge >= 0.3 is 0 Å². The van der Waals surface area contributed by atoms with Crippen molar-refractivity contribution in [3.63, 3.8) is 0 Å². The molecule has 1 heterocycles. The zero-order valence-electron chi connectivity index (χ0n) is 18.8. The van der Waals surface area contributed by atoms with Crippen molar-refractivity contribution in [2.24, 2.45) is 0 Å². The molecule has 0 aliphatic rings. The molecule has 4 rings (SSSR count). The molecule has 4 aromatic rings. The van der Waals surface area contributed by atoms with Crippen molar-refractivity contribution >= 4 is 11.8 Å². The summed E-state index contributed by atoms with van der Waals surface area (Å²) >= 11 is 0. The van der Waals surface area contributed by atoms with Gasteiger partial charge in [0.15, 0.2) is 6.61 Å². The van der Waals surface area contributed by atoms with Crippen LogP contribution >= 0.6 is 0 Å². The van der Waals surface area contributed by atoms with Crippen LogP contribution in [0.1, 0.15) is 22.3 Å². The quantitative estimate of drug-likeness (QED) is 0.378. The Morgan fingerprint density at radius 2 is 1.52 bits per heavy atom. The maximum absolute atomic E-state index is 12.7.